The lowest BCUT2D eigenvalue weighted by atomic mass is 10.3. The molecule has 1 aromatic heterocycles. The van der Waals surface area contributed by atoms with Gasteiger partial charge < -0.3 is 5.32 Å². The van der Waals surface area contributed by atoms with Crippen molar-refractivity contribution in [2.45, 2.75) is 17.0 Å². The highest BCUT2D eigenvalue weighted by Gasteiger charge is 2.16. The molecule has 0 spiro atoms. The topological polar surface area (TPSA) is 136 Å². The molecule has 3 aromatic rings. The van der Waals surface area contributed by atoms with E-state index < -0.39 is 15.9 Å². The number of nitrogens with one attached hydrogen (secondary N) is 2. The Balaban J connectivity index is 1.60. The van der Waals surface area contributed by atoms with Crippen LogP contribution in [0.4, 0.5) is 5.69 Å². The van der Waals surface area contributed by atoms with Crippen LogP contribution in [0.5, 0.6) is 0 Å². The van der Waals surface area contributed by atoms with Crippen molar-refractivity contribution in [2.75, 3.05) is 11.1 Å². The Hall–Kier alpha value is -3.25. The summed E-state index contributed by atoms with van der Waals surface area (Å²) >= 11 is 1.16. The smallest absolute Gasteiger partial charge is 0.264 e. The molecule has 0 aliphatic heterocycles. The van der Waals surface area contributed by atoms with Gasteiger partial charge in [-0.3, -0.25) is 9.59 Å². The molecule has 0 aliphatic rings. The second-order valence-corrected chi connectivity index (χ2v) is 8.36. The van der Waals surface area contributed by atoms with Gasteiger partial charge in [0, 0.05) is 12.6 Å². The molecular weight excluding hydrogens is 416 g/mol. The fourth-order valence-electron chi connectivity index (χ4n) is 2.29. The van der Waals surface area contributed by atoms with Crippen LogP contribution in [-0.4, -0.2) is 46.2 Å². The number of tetrazole rings is 1. The summed E-state index contributed by atoms with van der Waals surface area (Å²) in [6.07, 6.45) is 0. The van der Waals surface area contributed by atoms with E-state index in [1.54, 1.807) is 0 Å². The average Bonchev–Trinajstić information content (AvgIpc) is 3.15. The summed E-state index contributed by atoms with van der Waals surface area (Å²) in [5.41, 5.74) is 1.19. The van der Waals surface area contributed by atoms with Gasteiger partial charge in [0.1, 0.15) is 0 Å². The number of thioether (sulfide) groups is 1. The van der Waals surface area contributed by atoms with E-state index in [1.807, 2.05) is 35.1 Å². The summed E-state index contributed by atoms with van der Waals surface area (Å²) in [7, 11) is -3.92. The number of para-hydroxylation sites is 1. The fraction of sp³-hybridized carbons (Fsp3) is 0.118. The van der Waals surface area contributed by atoms with Gasteiger partial charge in [-0.05, 0) is 46.8 Å². The number of carbonyl (C=O) groups excluding carboxylic acids is 2. The van der Waals surface area contributed by atoms with Crippen molar-refractivity contribution in [3.05, 3.63) is 54.6 Å². The van der Waals surface area contributed by atoms with Crippen LogP contribution in [0.25, 0.3) is 5.69 Å². The molecule has 0 bridgehead atoms. The molecule has 0 radical (unpaired) electrons. The molecular formula is C17H16N6O4S2. The molecule has 0 saturated carbocycles. The van der Waals surface area contributed by atoms with Crippen molar-refractivity contribution in [3.63, 3.8) is 0 Å². The zero-order valence-corrected chi connectivity index (χ0v) is 16.8. The van der Waals surface area contributed by atoms with E-state index in [2.05, 4.69) is 20.8 Å². The van der Waals surface area contributed by atoms with Crippen molar-refractivity contribution in [2.24, 2.45) is 0 Å². The minimum atomic E-state index is -3.92. The van der Waals surface area contributed by atoms with Crippen molar-refractivity contribution >= 4 is 39.3 Å². The molecule has 0 aliphatic carbocycles. The number of aromatic nitrogens is 4. The van der Waals surface area contributed by atoms with Gasteiger partial charge in [-0.15, -0.1) is 5.10 Å². The molecule has 12 heteroatoms. The maximum absolute atomic E-state index is 12.2. The van der Waals surface area contributed by atoms with Gasteiger partial charge in [0.25, 0.3) is 10.0 Å². The van der Waals surface area contributed by atoms with Crippen LogP contribution in [0.2, 0.25) is 0 Å². The molecule has 0 saturated heterocycles. The highest BCUT2D eigenvalue weighted by atomic mass is 32.2. The standard InChI is InChI=1S/C17H16N6O4S2/c1-12(24)20-29(26,27)15-9-7-13(8-10-15)18-16(25)11-28-17-19-21-22-23(17)14-5-3-2-4-6-14/h2-10H,11H2,1H3,(H,18,25)(H,20,24). The predicted octanol–water partition coefficient (Wildman–Crippen LogP) is 1.22. The van der Waals surface area contributed by atoms with Gasteiger partial charge in [0.05, 0.1) is 16.3 Å². The van der Waals surface area contributed by atoms with Crippen LogP contribution in [-0.2, 0) is 19.6 Å². The lowest BCUT2D eigenvalue weighted by Crippen LogP contribution is -2.28. The number of nitrogens with zero attached hydrogens (tertiary/aromatic N) is 4. The zero-order chi connectivity index (χ0) is 20.9. The molecule has 1 heterocycles. The van der Waals surface area contributed by atoms with Crippen LogP contribution >= 0.6 is 11.8 Å². The summed E-state index contributed by atoms with van der Waals surface area (Å²) in [5.74, 6) is -0.939. The highest BCUT2D eigenvalue weighted by Crippen LogP contribution is 2.19. The summed E-state index contributed by atoms with van der Waals surface area (Å²) < 4.78 is 27.2. The van der Waals surface area contributed by atoms with Gasteiger partial charge in [0.2, 0.25) is 17.0 Å². The molecule has 10 nitrogen and oxygen atoms in total. The van der Waals surface area contributed by atoms with Gasteiger partial charge >= 0.3 is 0 Å². The lowest BCUT2D eigenvalue weighted by Gasteiger charge is -2.08. The number of hydrogen-bond donors (Lipinski definition) is 2. The van der Waals surface area contributed by atoms with Gasteiger partial charge in [-0.25, -0.2) is 13.1 Å². The molecule has 150 valence electrons. The Labute approximate surface area is 170 Å². The first-order valence-corrected chi connectivity index (χ1v) is 10.7. The lowest BCUT2D eigenvalue weighted by molar-refractivity contribution is -0.117. The number of amides is 2. The maximum atomic E-state index is 12.2. The number of rotatable bonds is 7. The van der Waals surface area contributed by atoms with Gasteiger partial charge in [-0.1, -0.05) is 30.0 Å². The number of carbonyl (C=O) groups is 2. The van der Waals surface area contributed by atoms with E-state index in [1.165, 1.54) is 28.9 Å². The molecule has 0 unspecified atom stereocenters. The minimum Gasteiger partial charge on any atom is -0.325 e. The first kappa shape index (κ1) is 20.5. The van der Waals surface area contributed by atoms with Gasteiger partial charge in [-0.2, -0.15) is 4.68 Å². The maximum Gasteiger partial charge on any atom is 0.264 e. The van der Waals surface area contributed by atoms with E-state index in [4.69, 9.17) is 0 Å². The second-order valence-electron chi connectivity index (χ2n) is 5.73. The van der Waals surface area contributed by atoms with Crippen molar-refractivity contribution < 1.29 is 18.0 Å². The number of sulfonamides is 1. The Kier molecular flexibility index (Phi) is 6.24. The molecule has 2 N–H and O–H groups in total. The Morgan fingerprint density at radius 1 is 1.07 bits per heavy atom. The number of benzene rings is 2. The first-order valence-electron chi connectivity index (χ1n) is 8.25. The van der Waals surface area contributed by atoms with E-state index in [-0.39, 0.29) is 16.6 Å². The van der Waals surface area contributed by atoms with E-state index in [0.717, 1.165) is 24.4 Å². The van der Waals surface area contributed by atoms with Crippen LogP contribution < -0.4 is 10.0 Å². The normalized spacial score (nSPS) is 11.1. The van der Waals surface area contributed by atoms with Crippen LogP contribution in [0, 0.1) is 0 Å². The molecule has 0 atom stereocenters. The van der Waals surface area contributed by atoms with Gasteiger partial charge in [0.15, 0.2) is 0 Å². The highest BCUT2D eigenvalue weighted by molar-refractivity contribution is 7.99. The molecule has 29 heavy (non-hydrogen) atoms. The first-order chi connectivity index (χ1) is 13.8. The molecule has 2 aromatic carbocycles. The third kappa shape index (κ3) is 5.39. The second kappa shape index (κ2) is 8.84. The minimum absolute atomic E-state index is 0.0547. The fourth-order valence-corrected chi connectivity index (χ4v) is 3.97. The van der Waals surface area contributed by atoms with Crippen molar-refractivity contribution in [3.8, 4) is 5.69 Å². The monoisotopic (exact) mass is 432 g/mol. The summed E-state index contributed by atoms with van der Waals surface area (Å²) in [6, 6.07) is 14.7. The largest absolute Gasteiger partial charge is 0.325 e. The molecule has 3 rings (SSSR count). The summed E-state index contributed by atoms with van der Waals surface area (Å²) in [6.45, 7) is 1.11. The molecule has 0 fully saturated rings. The van der Waals surface area contributed by atoms with E-state index in [9.17, 15) is 18.0 Å². The van der Waals surface area contributed by atoms with Crippen LogP contribution in [0.15, 0.2) is 64.6 Å². The zero-order valence-electron chi connectivity index (χ0n) is 15.1. The van der Waals surface area contributed by atoms with Crippen LogP contribution in [0.3, 0.4) is 0 Å². The Bertz CT molecular complexity index is 1110. The SMILES string of the molecule is CC(=O)NS(=O)(=O)c1ccc(NC(=O)CSc2nnnn2-c2ccccc2)cc1. The number of anilines is 1. The molecule has 2 amide bonds. The predicted molar refractivity (Wildman–Crippen MR) is 106 cm³/mol. The van der Waals surface area contributed by atoms with Crippen molar-refractivity contribution in [1.82, 2.24) is 24.9 Å². The third-order valence-corrected chi connectivity index (χ3v) is 5.87. The Morgan fingerprint density at radius 2 is 1.76 bits per heavy atom. The average molecular weight is 432 g/mol. The Morgan fingerprint density at radius 3 is 2.41 bits per heavy atom. The van der Waals surface area contributed by atoms with E-state index in [0.29, 0.717) is 10.8 Å². The van der Waals surface area contributed by atoms with Crippen molar-refractivity contribution in [1.29, 1.82) is 0 Å². The third-order valence-electron chi connectivity index (χ3n) is 3.50. The number of hydrogen-bond acceptors (Lipinski definition) is 8. The van der Waals surface area contributed by atoms with Crippen LogP contribution in [0.1, 0.15) is 6.92 Å². The van der Waals surface area contributed by atoms with E-state index >= 15 is 0 Å². The summed E-state index contributed by atoms with van der Waals surface area (Å²) in [4.78, 5) is 23.1. The quantitative estimate of drug-likeness (QED) is 0.532. The summed E-state index contributed by atoms with van der Waals surface area (Å²) in [5, 5.41) is 14.6.